The fourth-order valence-corrected chi connectivity index (χ4v) is 3.28. The number of methoxy groups -OCH3 is 1. The number of nitrogens with zero attached hydrogens (tertiary/aromatic N) is 2. The molecule has 0 atom stereocenters. The Kier molecular flexibility index (Phi) is 5.57. The second kappa shape index (κ2) is 8.62. The quantitative estimate of drug-likeness (QED) is 0.442. The van der Waals surface area contributed by atoms with Crippen molar-refractivity contribution in [1.82, 2.24) is 10.1 Å². The number of carbonyl (C=O) groups excluding carboxylic acids is 2. The summed E-state index contributed by atoms with van der Waals surface area (Å²) in [7, 11) is 1.57. The molecular weight excluding hydrogens is 410 g/mol. The van der Waals surface area contributed by atoms with Crippen LogP contribution < -0.4 is 10.1 Å². The molecule has 9 nitrogen and oxygen atoms in total. The fourth-order valence-electron chi connectivity index (χ4n) is 2.49. The van der Waals surface area contributed by atoms with Crippen molar-refractivity contribution in [2.75, 3.05) is 12.4 Å². The molecule has 0 aliphatic heterocycles. The van der Waals surface area contributed by atoms with Gasteiger partial charge in [-0.1, -0.05) is 17.3 Å². The van der Waals surface area contributed by atoms with Gasteiger partial charge in [0, 0.05) is 5.56 Å². The van der Waals surface area contributed by atoms with Crippen molar-refractivity contribution in [3.8, 4) is 17.1 Å². The zero-order valence-corrected chi connectivity index (χ0v) is 16.5. The summed E-state index contributed by atoms with van der Waals surface area (Å²) < 4.78 is 20.6. The van der Waals surface area contributed by atoms with Crippen LogP contribution in [0, 0.1) is 0 Å². The first kappa shape index (κ1) is 19.4. The number of esters is 1. The minimum Gasteiger partial charge on any atom is -0.497 e. The van der Waals surface area contributed by atoms with Crippen LogP contribution in [-0.2, 0) is 11.3 Å². The summed E-state index contributed by atoms with van der Waals surface area (Å²) in [5.41, 5.74) is 0.714. The Bertz CT molecular complexity index is 1160. The highest BCUT2D eigenvalue weighted by Crippen LogP contribution is 2.24. The molecule has 0 fully saturated rings. The second-order valence-corrected chi connectivity index (χ2v) is 7.00. The molecule has 1 amide bonds. The molecule has 152 valence electrons. The Morgan fingerprint density at radius 3 is 2.87 bits per heavy atom. The standard InChI is InChI=1S/C20H15N3O6S/c1-26-13-5-2-4-12(10-13)18-21-16(29-23-18)11-28-20(25)15-7-8-17(30-15)22-19(24)14-6-3-9-27-14/h2-10H,11H2,1H3,(H,22,24). The lowest BCUT2D eigenvalue weighted by atomic mass is 10.2. The van der Waals surface area contributed by atoms with Crippen LogP contribution in [0.3, 0.4) is 0 Å². The maximum absolute atomic E-state index is 12.3. The second-order valence-electron chi connectivity index (χ2n) is 5.92. The van der Waals surface area contributed by atoms with Crippen molar-refractivity contribution in [3.05, 3.63) is 71.3 Å². The van der Waals surface area contributed by atoms with Crippen LogP contribution in [0.15, 0.2) is 63.7 Å². The van der Waals surface area contributed by atoms with E-state index < -0.39 is 11.9 Å². The van der Waals surface area contributed by atoms with Gasteiger partial charge in [-0.25, -0.2) is 4.79 Å². The number of rotatable bonds is 7. The number of benzene rings is 1. The van der Waals surface area contributed by atoms with Gasteiger partial charge in [-0.05, 0) is 36.4 Å². The highest BCUT2D eigenvalue weighted by molar-refractivity contribution is 7.18. The summed E-state index contributed by atoms with van der Waals surface area (Å²) in [6, 6.07) is 13.5. The summed E-state index contributed by atoms with van der Waals surface area (Å²) in [6.45, 7) is -0.179. The number of thiophene rings is 1. The maximum Gasteiger partial charge on any atom is 0.348 e. The predicted octanol–water partition coefficient (Wildman–Crippen LogP) is 4.01. The Morgan fingerprint density at radius 2 is 2.07 bits per heavy atom. The van der Waals surface area contributed by atoms with E-state index >= 15 is 0 Å². The minimum absolute atomic E-state index is 0.157. The molecule has 1 N–H and O–H groups in total. The Hall–Kier alpha value is -3.92. The number of nitrogens with one attached hydrogen (secondary N) is 1. The number of furan rings is 1. The Balaban J connectivity index is 1.34. The molecule has 3 heterocycles. The van der Waals surface area contributed by atoms with Gasteiger partial charge in [-0.3, -0.25) is 4.79 Å². The van der Waals surface area contributed by atoms with E-state index in [9.17, 15) is 9.59 Å². The van der Waals surface area contributed by atoms with E-state index in [1.165, 1.54) is 6.26 Å². The molecule has 1 aromatic carbocycles. The SMILES string of the molecule is COc1cccc(-c2noc(COC(=O)c3ccc(NC(=O)c4ccco4)s3)n2)c1. The van der Waals surface area contributed by atoms with E-state index in [4.69, 9.17) is 18.4 Å². The van der Waals surface area contributed by atoms with E-state index in [1.807, 2.05) is 12.1 Å². The largest absolute Gasteiger partial charge is 0.497 e. The highest BCUT2D eigenvalue weighted by Gasteiger charge is 2.16. The summed E-state index contributed by atoms with van der Waals surface area (Å²) in [5, 5.41) is 7.03. The first-order valence-electron chi connectivity index (χ1n) is 8.71. The van der Waals surface area contributed by atoms with Gasteiger partial charge in [0.2, 0.25) is 5.82 Å². The fraction of sp³-hybridized carbons (Fsp3) is 0.100. The van der Waals surface area contributed by atoms with Gasteiger partial charge in [-0.15, -0.1) is 11.3 Å². The summed E-state index contributed by atoms with van der Waals surface area (Å²) in [5.74, 6) is 0.383. The third-order valence-electron chi connectivity index (χ3n) is 3.91. The minimum atomic E-state index is -0.570. The molecule has 0 aliphatic carbocycles. The van der Waals surface area contributed by atoms with Gasteiger partial charge < -0.3 is 23.7 Å². The van der Waals surface area contributed by atoms with Crippen LogP contribution in [0.2, 0.25) is 0 Å². The molecule has 3 aromatic heterocycles. The molecular formula is C20H15N3O6S. The summed E-state index contributed by atoms with van der Waals surface area (Å²) in [4.78, 5) is 28.8. The number of aromatic nitrogens is 2. The lowest BCUT2D eigenvalue weighted by Crippen LogP contribution is -2.09. The molecule has 0 bridgehead atoms. The predicted molar refractivity (Wildman–Crippen MR) is 106 cm³/mol. The highest BCUT2D eigenvalue weighted by atomic mass is 32.1. The zero-order valence-electron chi connectivity index (χ0n) is 15.7. The maximum atomic E-state index is 12.3. The molecule has 0 aliphatic rings. The Morgan fingerprint density at radius 1 is 1.17 bits per heavy atom. The molecule has 0 unspecified atom stereocenters. The molecule has 0 radical (unpaired) electrons. The van der Waals surface area contributed by atoms with Gasteiger partial charge in [0.1, 0.15) is 10.6 Å². The van der Waals surface area contributed by atoms with E-state index in [0.717, 1.165) is 11.3 Å². The van der Waals surface area contributed by atoms with E-state index in [1.54, 1.807) is 43.5 Å². The van der Waals surface area contributed by atoms with Gasteiger partial charge in [0.25, 0.3) is 11.8 Å². The number of amides is 1. The monoisotopic (exact) mass is 425 g/mol. The molecule has 4 rings (SSSR count). The number of anilines is 1. The van der Waals surface area contributed by atoms with Gasteiger partial charge in [-0.2, -0.15) is 4.98 Å². The average molecular weight is 425 g/mol. The number of hydrogen-bond acceptors (Lipinski definition) is 9. The van der Waals surface area contributed by atoms with E-state index in [0.29, 0.717) is 27.0 Å². The Labute approximate surface area is 174 Å². The molecule has 0 saturated heterocycles. The third-order valence-corrected chi connectivity index (χ3v) is 4.89. The molecule has 10 heteroatoms. The summed E-state index contributed by atoms with van der Waals surface area (Å²) >= 11 is 1.08. The van der Waals surface area contributed by atoms with Crippen LogP contribution in [0.5, 0.6) is 5.75 Å². The van der Waals surface area contributed by atoms with Crippen molar-refractivity contribution in [1.29, 1.82) is 0 Å². The first-order chi connectivity index (χ1) is 14.6. The van der Waals surface area contributed by atoms with Gasteiger partial charge >= 0.3 is 5.97 Å². The van der Waals surface area contributed by atoms with Crippen molar-refractivity contribution in [2.45, 2.75) is 6.61 Å². The molecule has 0 spiro atoms. The van der Waals surface area contributed by atoms with Crippen LogP contribution >= 0.6 is 11.3 Å². The summed E-state index contributed by atoms with van der Waals surface area (Å²) in [6.07, 6.45) is 1.41. The van der Waals surface area contributed by atoms with Gasteiger partial charge in [0.05, 0.1) is 18.4 Å². The lowest BCUT2D eigenvalue weighted by Gasteiger charge is -2.00. The first-order valence-corrected chi connectivity index (χ1v) is 9.53. The normalized spacial score (nSPS) is 10.6. The molecule has 4 aromatic rings. The van der Waals surface area contributed by atoms with Crippen LogP contribution in [-0.4, -0.2) is 29.1 Å². The molecule has 0 saturated carbocycles. The van der Waals surface area contributed by atoms with E-state index in [2.05, 4.69) is 15.5 Å². The van der Waals surface area contributed by atoms with Crippen molar-refractivity contribution in [2.24, 2.45) is 0 Å². The third kappa shape index (κ3) is 4.39. The topological polar surface area (TPSA) is 117 Å². The van der Waals surface area contributed by atoms with Gasteiger partial charge in [0.15, 0.2) is 12.4 Å². The number of ether oxygens (including phenoxy) is 2. The smallest absolute Gasteiger partial charge is 0.348 e. The lowest BCUT2D eigenvalue weighted by molar-refractivity contribution is 0.0435. The van der Waals surface area contributed by atoms with Crippen molar-refractivity contribution < 1.29 is 28.0 Å². The van der Waals surface area contributed by atoms with Crippen LogP contribution in [0.1, 0.15) is 26.1 Å². The zero-order chi connectivity index (χ0) is 20.9. The van der Waals surface area contributed by atoms with Crippen LogP contribution in [0.25, 0.3) is 11.4 Å². The average Bonchev–Trinajstić information content (AvgIpc) is 3.54. The van der Waals surface area contributed by atoms with Crippen molar-refractivity contribution in [3.63, 3.8) is 0 Å². The van der Waals surface area contributed by atoms with Crippen molar-refractivity contribution >= 4 is 28.2 Å². The van der Waals surface area contributed by atoms with E-state index in [-0.39, 0.29) is 18.3 Å². The number of carbonyl (C=O) groups is 2. The number of hydrogen-bond donors (Lipinski definition) is 1. The molecule has 30 heavy (non-hydrogen) atoms. The van der Waals surface area contributed by atoms with Crippen LogP contribution in [0.4, 0.5) is 5.00 Å².